The maximum absolute atomic E-state index is 13.1. The lowest BCUT2D eigenvalue weighted by molar-refractivity contribution is -0.150. The van der Waals surface area contributed by atoms with Crippen LogP contribution in [0.25, 0.3) is 0 Å². The predicted molar refractivity (Wildman–Crippen MR) is 92.4 cm³/mol. The Morgan fingerprint density at radius 2 is 2.11 bits per heavy atom. The summed E-state index contributed by atoms with van der Waals surface area (Å²) in [7, 11) is 0. The third-order valence-electron chi connectivity index (χ3n) is 4.55. The van der Waals surface area contributed by atoms with E-state index >= 15 is 0 Å². The topological polar surface area (TPSA) is 105 Å². The summed E-state index contributed by atoms with van der Waals surface area (Å²) in [6.45, 7) is 0.428. The average Bonchev–Trinajstić information content (AvgIpc) is 3.43. The molecule has 4 amide bonds. The Morgan fingerprint density at radius 3 is 2.74 bits per heavy atom. The third-order valence-corrected chi connectivity index (χ3v) is 4.84. The number of nitrogens with zero attached hydrogens (tertiary/aromatic N) is 1. The molecule has 1 aromatic rings. The van der Waals surface area contributed by atoms with Gasteiger partial charge in [-0.15, -0.1) is 0 Å². The van der Waals surface area contributed by atoms with Crippen molar-refractivity contribution >= 4 is 41.1 Å². The van der Waals surface area contributed by atoms with Gasteiger partial charge in [0, 0.05) is 5.69 Å². The number of halogens is 2. The summed E-state index contributed by atoms with van der Waals surface area (Å²) in [4.78, 5) is 48.9. The lowest BCUT2D eigenvalue weighted by atomic mass is 9.96. The van der Waals surface area contributed by atoms with Gasteiger partial charge in [-0.05, 0) is 43.9 Å². The van der Waals surface area contributed by atoms with Gasteiger partial charge in [0.1, 0.15) is 17.9 Å². The van der Waals surface area contributed by atoms with Gasteiger partial charge in [-0.2, -0.15) is 0 Å². The fourth-order valence-electron chi connectivity index (χ4n) is 2.89. The molecule has 0 unspecified atom stereocenters. The molecule has 2 aliphatic rings. The molecule has 27 heavy (non-hydrogen) atoms. The zero-order chi connectivity index (χ0) is 19.8. The van der Waals surface area contributed by atoms with Crippen LogP contribution in [0, 0.1) is 11.7 Å². The van der Waals surface area contributed by atoms with Gasteiger partial charge in [-0.25, -0.2) is 9.18 Å². The number of urea groups is 1. The molecule has 10 heteroatoms. The van der Waals surface area contributed by atoms with Crippen LogP contribution in [0.1, 0.15) is 19.8 Å². The van der Waals surface area contributed by atoms with Gasteiger partial charge in [-0.3, -0.25) is 19.3 Å². The van der Waals surface area contributed by atoms with Gasteiger partial charge in [0.2, 0.25) is 0 Å². The Kier molecular flexibility index (Phi) is 5.05. The molecule has 1 atom stereocenters. The molecule has 0 aromatic heterocycles. The van der Waals surface area contributed by atoms with Crippen LogP contribution in [-0.4, -0.2) is 47.4 Å². The van der Waals surface area contributed by atoms with Crippen molar-refractivity contribution in [3.63, 3.8) is 0 Å². The normalized spacial score (nSPS) is 21.8. The highest BCUT2D eigenvalue weighted by Gasteiger charge is 2.56. The molecule has 1 saturated heterocycles. The van der Waals surface area contributed by atoms with Crippen molar-refractivity contribution < 1.29 is 28.3 Å². The van der Waals surface area contributed by atoms with Gasteiger partial charge in [0.05, 0.1) is 5.02 Å². The summed E-state index contributed by atoms with van der Waals surface area (Å²) in [6, 6.07) is 2.94. The summed E-state index contributed by atoms with van der Waals surface area (Å²) in [5.41, 5.74) is -0.756. The molecular weight excluding hydrogens is 381 g/mol. The number of anilines is 1. The Labute approximate surface area is 159 Å². The van der Waals surface area contributed by atoms with Crippen molar-refractivity contribution in [2.45, 2.75) is 25.3 Å². The molecule has 1 aromatic carbocycles. The molecule has 2 N–H and O–H groups in total. The van der Waals surface area contributed by atoms with E-state index in [1.807, 2.05) is 0 Å². The average molecular weight is 398 g/mol. The fourth-order valence-corrected chi connectivity index (χ4v) is 3.07. The Morgan fingerprint density at radius 1 is 1.41 bits per heavy atom. The van der Waals surface area contributed by atoms with E-state index in [-0.39, 0.29) is 16.6 Å². The van der Waals surface area contributed by atoms with E-state index in [2.05, 4.69) is 10.6 Å². The smallest absolute Gasteiger partial charge is 0.326 e. The van der Waals surface area contributed by atoms with Gasteiger partial charge >= 0.3 is 12.0 Å². The molecule has 0 bridgehead atoms. The molecule has 1 saturated carbocycles. The van der Waals surface area contributed by atoms with Crippen molar-refractivity contribution in [2.24, 2.45) is 5.92 Å². The highest BCUT2D eigenvalue weighted by molar-refractivity contribution is 6.31. The first-order chi connectivity index (χ1) is 12.7. The zero-order valence-electron chi connectivity index (χ0n) is 14.4. The van der Waals surface area contributed by atoms with Crippen LogP contribution in [0.2, 0.25) is 5.02 Å². The lowest BCUT2D eigenvalue weighted by Gasteiger charge is -2.20. The second-order valence-corrected chi connectivity index (χ2v) is 7.04. The minimum absolute atomic E-state index is 0.0725. The van der Waals surface area contributed by atoms with Gasteiger partial charge < -0.3 is 15.4 Å². The second-order valence-electron chi connectivity index (χ2n) is 6.64. The van der Waals surface area contributed by atoms with Crippen LogP contribution in [0.15, 0.2) is 18.2 Å². The quantitative estimate of drug-likeness (QED) is 0.561. The van der Waals surface area contributed by atoms with E-state index in [9.17, 15) is 23.6 Å². The van der Waals surface area contributed by atoms with E-state index in [1.165, 1.54) is 12.1 Å². The standard InChI is InChI=1S/C17H17ClFN3O5/c1-17(9-2-3-9)15(25)22(16(26)21-17)7-14(24)27-8-13(23)20-10-4-5-12(19)11(18)6-10/h4-6,9H,2-3,7-8H2,1H3,(H,20,23)(H,21,26)/t17-/m1/s1. The highest BCUT2D eigenvalue weighted by Crippen LogP contribution is 2.42. The van der Waals surface area contributed by atoms with E-state index in [4.69, 9.17) is 16.3 Å². The monoisotopic (exact) mass is 397 g/mol. The van der Waals surface area contributed by atoms with Gasteiger partial charge in [-0.1, -0.05) is 11.6 Å². The predicted octanol–water partition coefficient (Wildman–Crippen LogP) is 1.68. The van der Waals surface area contributed by atoms with Gasteiger partial charge in [0.15, 0.2) is 6.61 Å². The molecule has 3 rings (SSSR count). The van der Waals surface area contributed by atoms with Crippen molar-refractivity contribution in [3.05, 3.63) is 29.0 Å². The summed E-state index contributed by atoms with van der Waals surface area (Å²) < 4.78 is 17.9. The number of nitrogens with one attached hydrogen (secondary N) is 2. The van der Waals surface area contributed by atoms with Crippen LogP contribution in [0.5, 0.6) is 0 Å². The first-order valence-electron chi connectivity index (χ1n) is 8.25. The summed E-state index contributed by atoms with van der Waals surface area (Å²) in [6.07, 6.45) is 1.68. The largest absolute Gasteiger partial charge is 0.454 e. The summed E-state index contributed by atoms with van der Waals surface area (Å²) in [5.74, 6) is -2.61. The maximum atomic E-state index is 13.1. The van der Waals surface area contributed by atoms with Crippen LogP contribution < -0.4 is 10.6 Å². The number of esters is 1. The number of rotatable bonds is 6. The van der Waals surface area contributed by atoms with Crippen molar-refractivity contribution in [2.75, 3.05) is 18.5 Å². The molecule has 1 aliphatic carbocycles. The summed E-state index contributed by atoms with van der Waals surface area (Å²) in [5, 5.41) is 4.83. The minimum Gasteiger partial charge on any atom is -0.454 e. The number of imide groups is 1. The Bertz CT molecular complexity index is 829. The maximum Gasteiger partial charge on any atom is 0.326 e. The summed E-state index contributed by atoms with van der Waals surface area (Å²) >= 11 is 5.61. The highest BCUT2D eigenvalue weighted by atomic mass is 35.5. The first kappa shape index (κ1) is 19.1. The number of carbonyl (C=O) groups is 4. The number of hydrogen-bond donors (Lipinski definition) is 2. The molecule has 0 radical (unpaired) electrons. The molecular formula is C17H17ClFN3O5. The van der Waals surface area contributed by atoms with Crippen molar-refractivity contribution in [1.82, 2.24) is 10.2 Å². The molecule has 8 nitrogen and oxygen atoms in total. The Balaban J connectivity index is 1.49. The zero-order valence-corrected chi connectivity index (χ0v) is 15.1. The first-order valence-corrected chi connectivity index (χ1v) is 8.63. The van der Waals surface area contributed by atoms with Crippen molar-refractivity contribution in [1.29, 1.82) is 0 Å². The second kappa shape index (κ2) is 7.15. The molecule has 144 valence electrons. The van der Waals surface area contributed by atoms with Crippen LogP contribution in [-0.2, 0) is 19.1 Å². The number of ether oxygens (including phenoxy) is 1. The van der Waals surface area contributed by atoms with Crippen LogP contribution in [0.4, 0.5) is 14.9 Å². The molecule has 0 spiro atoms. The van der Waals surface area contributed by atoms with E-state index in [0.29, 0.717) is 0 Å². The SMILES string of the molecule is C[C@]1(C2CC2)NC(=O)N(CC(=O)OCC(=O)Nc2ccc(F)c(Cl)c2)C1=O. The fraction of sp³-hybridized carbons (Fsp3) is 0.412. The molecule has 1 aliphatic heterocycles. The number of benzene rings is 1. The van der Waals surface area contributed by atoms with E-state index in [0.717, 1.165) is 23.8 Å². The number of hydrogen-bond acceptors (Lipinski definition) is 5. The van der Waals surface area contributed by atoms with Crippen LogP contribution >= 0.6 is 11.6 Å². The Hall–Kier alpha value is -2.68. The number of amides is 4. The van der Waals surface area contributed by atoms with Crippen molar-refractivity contribution in [3.8, 4) is 0 Å². The van der Waals surface area contributed by atoms with Crippen LogP contribution in [0.3, 0.4) is 0 Å². The molecule has 2 fully saturated rings. The van der Waals surface area contributed by atoms with E-state index < -0.39 is 48.3 Å². The van der Waals surface area contributed by atoms with Gasteiger partial charge in [0.25, 0.3) is 11.8 Å². The lowest BCUT2D eigenvalue weighted by Crippen LogP contribution is -2.46. The van der Waals surface area contributed by atoms with E-state index in [1.54, 1.807) is 6.92 Å². The number of carbonyl (C=O) groups excluding carboxylic acids is 4. The minimum atomic E-state index is -0.989. The molecule has 1 heterocycles. The third kappa shape index (κ3) is 4.02.